The number of aromatic nitrogens is 2. The van der Waals surface area contributed by atoms with Crippen molar-refractivity contribution in [1.29, 1.82) is 0 Å². The van der Waals surface area contributed by atoms with Gasteiger partial charge in [0.05, 0.1) is 12.3 Å². The first-order valence-corrected chi connectivity index (χ1v) is 5.71. The number of carboxylic acids is 1. The molecule has 0 aliphatic heterocycles. The van der Waals surface area contributed by atoms with Crippen molar-refractivity contribution >= 4 is 23.4 Å². The van der Waals surface area contributed by atoms with Gasteiger partial charge in [0.2, 0.25) is 0 Å². The van der Waals surface area contributed by atoms with Crippen molar-refractivity contribution in [2.45, 2.75) is 25.8 Å². The lowest BCUT2D eigenvalue weighted by Gasteiger charge is -2.11. The van der Waals surface area contributed by atoms with Crippen LogP contribution in [0.25, 0.3) is 0 Å². The number of nitrogens with zero attached hydrogens (tertiary/aromatic N) is 2. The second-order valence-corrected chi connectivity index (χ2v) is 4.44. The van der Waals surface area contributed by atoms with Gasteiger partial charge in [-0.3, -0.25) is 4.79 Å². The van der Waals surface area contributed by atoms with Gasteiger partial charge in [-0.15, -0.1) is 5.10 Å². The number of amides is 1. The minimum absolute atomic E-state index is 0.0203. The van der Waals surface area contributed by atoms with Crippen LogP contribution in [0.3, 0.4) is 0 Å². The number of carbonyl (C=O) groups excluding carboxylic acids is 1. The molecule has 1 aromatic rings. The fourth-order valence-electron chi connectivity index (χ4n) is 1.14. The van der Waals surface area contributed by atoms with Crippen LogP contribution in [0.4, 0.5) is 0 Å². The Labute approximate surface area is 102 Å². The van der Waals surface area contributed by atoms with Crippen molar-refractivity contribution in [3.63, 3.8) is 0 Å². The van der Waals surface area contributed by atoms with E-state index in [1.54, 1.807) is 0 Å². The first-order valence-electron chi connectivity index (χ1n) is 4.94. The Kier molecular flexibility index (Phi) is 4.53. The largest absolute Gasteiger partial charge is 0.480 e. The topological polar surface area (TPSA) is 112 Å². The zero-order valence-corrected chi connectivity index (χ0v) is 10.2. The molecule has 1 atom stereocenters. The summed E-state index contributed by atoms with van der Waals surface area (Å²) in [5.41, 5.74) is 0.523. The lowest BCUT2D eigenvalue weighted by molar-refractivity contribution is -0.140. The molecular weight excluding hydrogens is 246 g/mol. The Morgan fingerprint density at radius 1 is 1.47 bits per heavy atom. The Bertz CT molecular complexity index is 418. The molecule has 0 spiro atoms. The number of aliphatic hydroxyl groups is 1. The van der Waals surface area contributed by atoms with Crippen LogP contribution in [0.2, 0.25) is 0 Å². The van der Waals surface area contributed by atoms with Gasteiger partial charge in [-0.2, -0.15) is 0 Å². The van der Waals surface area contributed by atoms with E-state index in [9.17, 15) is 9.59 Å². The monoisotopic (exact) mass is 259 g/mol. The minimum Gasteiger partial charge on any atom is -0.480 e. The van der Waals surface area contributed by atoms with Gasteiger partial charge >= 0.3 is 5.97 Å². The van der Waals surface area contributed by atoms with E-state index in [0.29, 0.717) is 5.69 Å². The molecule has 1 unspecified atom stereocenters. The van der Waals surface area contributed by atoms with Crippen molar-refractivity contribution in [2.75, 3.05) is 6.61 Å². The molecule has 1 rings (SSSR count). The number of carbonyl (C=O) groups is 2. The average molecular weight is 259 g/mol. The maximum Gasteiger partial charge on any atom is 0.328 e. The van der Waals surface area contributed by atoms with Crippen LogP contribution < -0.4 is 5.32 Å². The van der Waals surface area contributed by atoms with Crippen LogP contribution in [0.1, 0.15) is 35.1 Å². The van der Waals surface area contributed by atoms with Crippen LogP contribution >= 0.6 is 11.5 Å². The van der Waals surface area contributed by atoms with E-state index in [1.807, 2.05) is 13.8 Å². The third kappa shape index (κ3) is 3.21. The van der Waals surface area contributed by atoms with E-state index in [0.717, 1.165) is 11.5 Å². The van der Waals surface area contributed by atoms with Crippen LogP contribution in [-0.4, -0.2) is 44.3 Å². The predicted octanol–water partition coefficient (Wildman–Crippen LogP) is -0.163. The third-order valence-corrected chi connectivity index (χ3v) is 2.79. The number of aliphatic carboxylic acids is 1. The highest BCUT2D eigenvalue weighted by molar-refractivity contribution is 7.08. The van der Waals surface area contributed by atoms with Crippen LogP contribution in [0.5, 0.6) is 0 Å². The van der Waals surface area contributed by atoms with E-state index < -0.39 is 24.5 Å². The molecule has 0 radical (unpaired) electrons. The molecule has 17 heavy (non-hydrogen) atoms. The molecule has 0 fully saturated rings. The molecule has 3 N–H and O–H groups in total. The Morgan fingerprint density at radius 3 is 2.59 bits per heavy atom. The molecule has 0 saturated carbocycles. The van der Waals surface area contributed by atoms with Gasteiger partial charge < -0.3 is 15.5 Å². The Balaban J connectivity index is 2.82. The summed E-state index contributed by atoms with van der Waals surface area (Å²) >= 11 is 0.902. The molecule has 94 valence electrons. The first-order chi connectivity index (χ1) is 7.97. The molecule has 1 heterocycles. The van der Waals surface area contributed by atoms with Gasteiger partial charge in [0, 0.05) is 0 Å². The summed E-state index contributed by atoms with van der Waals surface area (Å²) in [6, 6.07) is -1.32. The molecule has 1 amide bonds. The summed E-state index contributed by atoms with van der Waals surface area (Å²) in [4.78, 5) is 22.7. The normalized spacial score (nSPS) is 12.5. The van der Waals surface area contributed by atoms with Crippen molar-refractivity contribution in [1.82, 2.24) is 14.9 Å². The zero-order chi connectivity index (χ0) is 13.0. The second-order valence-electron chi connectivity index (χ2n) is 3.69. The highest BCUT2D eigenvalue weighted by Crippen LogP contribution is 2.19. The van der Waals surface area contributed by atoms with E-state index in [4.69, 9.17) is 10.2 Å². The Hall–Kier alpha value is -1.54. The van der Waals surface area contributed by atoms with E-state index in [1.165, 1.54) is 0 Å². The van der Waals surface area contributed by atoms with Gasteiger partial charge in [-0.05, 0) is 17.5 Å². The Morgan fingerprint density at radius 2 is 2.12 bits per heavy atom. The summed E-state index contributed by atoms with van der Waals surface area (Å²) in [6.45, 7) is 3.05. The lowest BCUT2D eigenvalue weighted by atomic mass is 10.1. The molecular formula is C9H13N3O4S. The van der Waals surface area contributed by atoms with Crippen LogP contribution in [0, 0.1) is 0 Å². The first kappa shape index (κ1) is 13.5. The summed E-state index contributed by atoms with van der Waals surface area (Å²) in [5.74, 6) is -1.85. The van der Waals surface area contributed by atoms with Crippen molar-refractivity contribution < 1.29 is 19.8 Å². The third-order valence-electron chi connectivity index (χ3n) is 2.05. The number of nitrogens with one attached hydrogen (secondary N) is 1. The standard InChI is InChI=1S/C9H13N3O4S/c1-4(2)6-7(17-12-11-6)8(14)10-5(3-13)9(15)16/h4-5,13H,3H2,1-2H3,(H,10,14)(H,15,16). The second kappa shape index (κ2) is 5.69. The van der Waals surface area contributed by atoms with Gasteiger partial charge in [0.1, 0.15) is 4.88 Å². The van der Waals surface area contributed by atoms with E-state index >= 15 is 0 Å². The molecule has 0 saturated heterocycles. The number of hydrogen-bond acceptors (Lipinski definition) is 6. The van der Waals surface area contributed by atoms with Crippen LogP contribution in [-0.2, 0) is 4.79 Å². The van der Waals surface area contributed by atoms with Crippen molar-refractivity contribution in [3.8, 4) is 0 Å². The SMILES string of the molecule is CC(C)c1nnsc1C(=O)NC(CO)C(=O)O. The number of aliphatic hydroxyl groups excluding tert-OH is 1. The van der Waals surface area contributed by atoms with Gasteiger partial charge in [0.15, 0.2) is 6.04 Å². The smallest absolute Gasteiger partial charge is 0.328 e. The molecule has 0 aliphatic carbocycles. The molecule has 1 aromatic heterocycles. The summed E-state index contributed by atoms with van der Waals surface area (Å²) in [5, 5.41) is 23.5. The molecule has 0 aliphatic rings. The number of rotatable bonds is 5. The summed E-state index contributed by atoms with van der Waals surface area (Å²) in [6.07, 6.45) is 0. The number of hydrogen-bond donors (Lipinski definition) is 3. The molecule has 0 aromatic carbocycles. The predicted molar refractivity (Wildman–Crippen MR) is 60.0 cm³/mol. The molecule has 8 heteroatoms. The maximum absolute atomic E-state index is 11.7. The molecule has 7 nitrogen and oxygen atoms in total. The van der Waals surface area contributed by atoms with Crippen molar-refractivity contribution in [3.05, 3.63) is 10.6 Å². The summed E-state index contributed by atoms with van der Waals surface area (Å²) in [7, 11) is 0. The van der Waals surface area contributed by atoms with E-state index in [2.05, 4.69) is 14.9 Å². The average Bonchev–Trinajstić information content (AvgIpc) is 2.73. The van der Waals surface area contributed by atoms with Crippen LogP contribution in [0.15, 0.2) is 0 Å². The lowest BCUT2D eigenvalue weighted by Crippen LogP contribution is -2.43. The number of carboxylic acid groups (broad SMARTS) is 1. The van der Waals surface area contributed by atoms with Crippen molar-refractivity contribution in [2.24, 2.45) is 0 Å². The fourth-order valence-corrected chi connectivity index (χ4v) is 1.86. The van der Waals surface area contributed by atoms with Gasteiger partial charge in [0.25, 0.3) is 5.91 Å². The van der Waals surface area contributed by atoms with Gasteiger partial charge in [-0.1, -0.05) is 18.3 Å². The molecule has 0 bridgehead atoms. The highest BCUT2D eigenvalue weighted by Gasteiger charge is 2.24. The quantitative estimate of drug-likeness (QED) is 0.677. The minimum atomic E-state index is -1.32. The zero-order valence-electron chi connectivity index (χ0n) is 9.38. The summed E-state index contributed by atoms with van der Waals surface area (Å²) < 4.78 is 3.66. The van der Waals surface area contributed by atoms with Gasteiger partial charge in [-0.25, -0.2) is 4.79 Å². The highest BCUT2D eigenvalue weighted by atomic mass is 32.1. The fraction of sp³-hybridized carbons (Fsp3) is 0.556. The maximum atomic E-state index is 11.7. The van der Waals surface area contributed by atoms with E-state index in [-0.39, 0.29) is 10.8 Å².